The van der Waals surface area contributed by atoms with Gasteiger partial charge in [-0.25, -0.2) is 0 Å². The predicted octanol–water partition coefficient (Wildman–Crippen LogP) is 8.82. The quantitative estimate of drug-likeness (QED) is 0.0642. The Bertz CT molecular complexity index is 454. The molecule has 0 N–H and O–H groups in total. The minimum absolute atomic E-state index is 0. The SMILES string of the molecule is CCCCCCCCCCCCCCOS(=O)(=O)CCCCCCCCCCCCCC.[MgH2]. The maximum absolute atomic E-state index is 12.0. The van der Waals surface area contributed by atoms with Crippen LogP contribution in [0.4, 0.5) is 0 Å². The monoisotopic (exact) mass is 500 g/mol. The predicted molar refractivity (Wildman–Crippen MR) is 150 cm³/mol. The Kier molecular flexibility index (Phi) is 31.4. The van der Waals surface area contributed by atoms with Crippen molar-refractivity contribution in [3.05, 3.63) is 0 Å². The van der Waals surface area contributed by atoms with E-state index in [1.54, 1.807) is 0 Å². The van der Waals surface area contributed by atoms with Crippen molar-refractivity contribution >= 4 is 33.2 Å². The Hall–Kier alpha value is 0.676. The van der Waals surface area contributed by atoms with Gasteiger partial charge in [0.1, 0.15) is 0 Å². The molecule has 0 aliphatic carbocycles. The first kappa shape index (κ1) is 35.8. The second-order valence-electron chi connectivity index (χ2n) is 9.86. The van der Waals surface area contributed by atoms with Crippen LogP contribution in [-0.2, 0) is 14.3 Å². The molecule has 0 rings (SSSR count). The maximum atomic E-state index is 12.0. The summed E-state index contributed by atoms with van der Waals surface area (Å²) in [6.07, 6.45) is 30.5. The minimum Gasteiger partial charge on any atom is -0.270 e. The summed E-state index contributed by atoms with van der Waals surface area (Å²) in [5.74, 6) is 0.197. The van der Waals surface area contributed by atoms with Gasteiger partial charge in [-0.2, -0.15) is 8.42 Å². The molecule has 3 nitrogen and oxygen atoms in total. The highest BCUT2D eigenvalue weighted by atomic mass is 32.2. The third-order valence-corrected chi connectivity index (χ3v) is 7.82. The average Bonchev–Trinajstić information content (AvgIpc) is 2.77. The molecule has 0 saturated heterocycles. The third-order valence-electron chi connectivity index (χ3n) is 6.51. The highest BCUT2D eigenvalue weighted by molar-refractivity contribution is 7.86. The van der Waals surface area contributed by atoms with Crippen LogP contribution in [-0.4, -0.2) is 43.8 Å². The molecule has 0 atom stereocenters. The lowest BCUT2D eigenvalue weighted by Gasteiger charge is -2.06. The molecule has 0 aromatic heterocycles. The van der Waals surface area contributed by atoms with E-state index in [2.05, 4.69) is 13.8 Å². The minimum atomic E-state index is -3.31. The van der Waals surface area contributed by atoms with Gasteiger partial charge >= 0.3 is 23.1 Å². The zero-order chi connectivity index (χ0) is 23.6. The number of rotatable bonds is 27. The first-order valence-corrected chi connectivity index (χ1v) is 16.1. The van der Waals surface area contributed by atoms with Crippen LogP contribution in [0.1, 0.15) is 168 Å². The van der Waals surface area contributed by atoms with Gasteiger partial charge in [-0.3, -0.25) is 4.18 Å². The Morgan fingerprint density at radius 3 is 1.03 bits per heavy atom. The second kappa shape index (κ2) is 28.9. The molecular weight excluding hydrogens is 441 g/mol. The van der Waals surface area contributed by atoms with E-state index in [1.165, 1.54) is 122 Å². The Balaban J connectivity index is 0. The molecule has 5 heteroatoms. The van der Waals surface area contributed by atoms with Crippen molar-refractivity contribution in [1.29, 1.82) is 0 Å². The number of hydrogen-bond donors (Lipinski definition) is 0. The van der Waals surface area contributed by atoms with Crippen molar-refractivity contribution in [2.24, 2.45) is 0 Å². The molecule has 33 heavy (non-hydrogen) atoms. The van der Waals surface area contributed by atoms with Crippen LogP contribution >= 0.6 is 0 Å². The molecule has 0 aromatic rings. The maximum Gasteiger partial charge on any atom is 0.316 e. The first-order valence-electron chi connectivity index (χ1n) is 14.5. The zero-order valence-corrected chi connectivity index (χ0v) is 22.8. The molecule has 0 aromatic carbocycles. The van der Waals surface area contributed by atoms with E-state index in [-0.39, 0.29) is 28.8 Å². The summed E-state index contributed by atoms with van der Waals surface area (Å²) < 4.78 is 29.2. The summed E-state index contributed by atoms with van der Waals surface area (Å²) in [6.45, 7) is 4.90. The van der Waals surface area contributed by atoms with Gasteiger partial charge in [0.15, 0.2) is 0 Å². The van der Waals surface area contributed by atoms with Crippen LogP contribution in [0.3, 0.4) is 0 Å². The molecule has 198 valence electrons. The highest BCUT2D eigenvalue weighted by Gasteiger charge is 2.10. The molecule has 0 fully saturated rings. The van der Waals surface area contributed by atoms with E-state index < -0.39 is 10.1 Å². The lowest BCUT2D eigenvalue weighted by atomic mass is 10.1. The van der Waals surface area contributed by atoms with Crippen LogP contribution in [0.5, 0.6) is 0 Å². The summed E-state index contributed by atoms with van der Waals surface area (Å²) in [4.78, 5) is 0. The highest BCUT2D eigenvalue weighted by Crippen LogP contribution is 2.14. The summed E-state index contributed by atoms with van der Waals surface area (Å²) >= 11 is 0. The lowest BCUT2D eigenvalue weighted by molar-refractivity contribution is 0.305. The standard InChI is InChI=1S/C28H58O3S.Mg.2H/c1-3-5-7-9-11-13-15-17-19-21-23-25-27-31-32(29,30)28-26-24-22-20-18-16-14-12-10-8-6-4-2;;;/h3-28H2,1-2H3;;;. The van der Waals surface area contributed by atoms with Gasteiger partial charge < -0.3 is 0 Å². The van der Waals surface area contributed by atoms with Gasteiger partial charge in [0.2, 0.25) is 0 Å². The van der Waals surface area contributed by atoms with Gasteiger partial charge in [-0.05, 0) is 12.8 Å². The molecule has 0 aliphatic heterocycles. The fourth-order valence-electron chi connectivity index (χ4n) is 4.31. The van der Waals surface area contributed by atoms with E-state index >= 15 is 0 Å². The topological polar surface area (TPSA) is 43.4 Å². The molecule has 0 heterocycles. The van der Waals surface area contributed by atoms with Gasteiger partial charge in [-0.15, -0.1) is 0 Å². The Morgan fingerprint density at radius 1 is 0.424 bits per heavy atom. The van der Waals surface area contributed by atoms with E-state index in [1.807, 2.05) is 0 Å². The van der Waals surface area contributed by atoms with Crippen LogP contribution in [0.2, 0.25) is 0 Å². The van der Waals surface area contributed by atoms with E-state index in [9.17, 15) is 8.42 Å². The van der Waals surface area contributed by atoms with Crippen LogP contribution in [0, 0.1) is 0 Å². The van der Waals surface area contributed by atoms with Gasteiger partial charge in [0.05, 0.1) is 12.4 Å². The Morgan fingerprint density at radius 2 is 0.697 bits per heavy atom. The fraction of sp³-hybridized carbons (Fsp3) is 1.00. The fourth-order valence-corrected chi connectivity index (χ4v) is 5.36. The molecular formula is C28H60MgO3S. The zero-order valence-electron chi connectivity index (χ0n) is 22.0. The second-order valence-corrected chi connectivity index (χ2v) is 11.6. The van der Waals surface area contributed by atoms with Gasteiger partial charge in [0, 0.05) is 0 Å². The van der Waals surface area contributed by atoms with Crippen LogP contribution in [0.15, 0.2) is 0 Å². The molecule has 0 spiro atoms. The van der Waals surface area contributed by atoms with E-state index in [0.29, 0.717) is 6.61 Å². The Labute approximate surface area is 225 Å². The van der Waals surface area contributed by atoms with E-state index in [4.69, 9.17) is 4.18 Å². The molecule has 0 amide bonds. The van der Waals surface area contributed by atoms with Crippen molar-refractivity contribution < 1.29 is 12.6 Å². The largest absolute Gasteiger partial charge is 0.316 e. The van der Waals surface area contributed by atoms with Crippen molar-refractivity contribution in [3.63, 3.8) is 0 Å². The van der Waals surface area contributed by atoms with Crippen molar-refractivity contribution in [2.75, 3.05) is 12.4 Å². The van der Waals surface area contributed by atoms with Gasteiger partial charge in [0.25, 0.3) is 10.1 Å². The summed E-state index contributed by atoms with van der Waals surface area (Å²) in [5.41, 5.74) is 0. The van der Waals surface area contributed by atoms with Crippen LogP contribution in [0.25, 0.3) is 0 Å². The average molecular weight is 501 g/mol. The third kappa shape index (κ3) is 30.6. The normalized spacial score (nSPS) is 11.6. The van der Waals surface area contributed by atoms with E-state index in [0.717, 1.165) is 32.1 Å². The molecule has 0 saturated carbocycles. The first-order chi connectivity index (χ1) is 15.6. The molecule has 0 unspecified atom stereocenters. The molecule has 0 bridgehead atoms. The van der Waals surface area contributed by atoms with Crippen molar-refractivity contribution in [1.82, 2.24) is 0 Å². The summed E-state index contributed by atoms with van der Waals surface area (Å²) in [7, 11) is -3.31. The molecule has 0 aliphatic rings. The van der Waals surface area contributed by atoms with Crippen molar-refractivity contribution in [2.45, 2.75) is 168 Å². The van der Waals surface area contributed by atoms with Gasteiger partial charge in [-0.1, -0.05) is 155 Å². The van der Waals surface area contributed by atoms with Crippen molar-refractivity contribution in [3.8, 4) is 0 Å². The summed E-state index contributed by atoms with van der Waals surface area (Å²) in [6, 6.07) is 0. The summed E-state index contributed by atoms with van der Waals surface area (Å²) in [5, 5.41) is 0. The number of hydrogen-bond acceptors (Lipinski definition) is 3. The molecule has 0 radical (unpaired) electrons. The van der Waals surface area contributed by atoms with Crippen LogP contribution < -0.4 is 0 Å². The number of unbranched alkanes of at least 4 members (excludes halogenated alkanes) is 22. The lowest BCUT2D eigenvalue weighted by Crippen LogP contribution is -2.11. The smallest absolute Gasteiger partial charge is 0.270 e.